The van der Waals surface area contributed by atoms with Crippen molar-refractivity contribution in [2.24, 2.45) is 5.84 Å². The van der Waals surface area contributed by atoms with E-state index in [1.165, 1.54) is 18.5 Å². The minimum atomic E-state index is -0.897. The average Bonchev–Trinajstić information content (AvgIpc) is 2.88. The molecule has 3 N–H and O–H groups in total. The predicted octanol–water partition coefficient (Wildman–Crippen LogP) is 1.88. The maximum atomic E-state index is 13.8. The summed E-state index contributed by atoms with van der Waals surface area (Å²) >= 11 is 0. The molecule has 0 fully saturated rings. The molecule has 7 heteroatoms. The van der Waals surface area contributed by atoms with E-state index in [2.05, 4.69) is 15.5 Å². The molecule has 1 atom stereocenters. The zero-order chi connectivity index (χ0) is 14.7. The summed E-state index contributed by atoms with van der Waals surface area (Å²) in [6.07, 6.45) is 1.75. The van der Waals surface area contributed by atoms with Crippen LogP contribution in [0.4, 0.5) is 8.78 Å². The highest BCUT2D eigenvalue weighted by molar-refractivity contribution is 5.23. The van der Waals surface area contributed by atoms with Crippen LogP contribution in [-0.2, 0) is 6.42 Å². The van der Waals surface area contributed by atoms with Crippen LogP contribution in [0, 0.1) is 11.6 Å². The van der Waals surface area contributed by atoms with Crippen molar-refractivity contribution in [2.45, 2.75) is 32.4 Å². The van der Waals surface area contributed by atoms with Crippen molar-refractivity contribution < 1.29 is 8.78 Å². The van der Waals surface area contributed by atoms with E-state index in [1.807, 2.05) is 13.8 Å². The summed E-state index contributed by atoms with van der Waals surface area (Å²) in [5, 5.41) is 4.11. The fourth-order valence-corrected chi connectivity index (χ4v) is 2.08. The third kappa shape index (κ3) is 2.83. The van der Waals surface area contributed by atoms with Crippen LogP contribution >= 0.6 is 0 Å². The molecule has 1 aromatic heterocycles. The molecule has 2 aromatic rings. The molecule has 1 unspecified atom stereocenters. The lowest BCUT2D eigenvalue weighted by molar-refractivity contribution is 0.441. The van der Waals surface area contributed by atoms with Gasteiger partial charge in [0, 0.05) is 18.0 Å². The number of nitrogens with one attached hydrogen (secondary N) is 1. The SMILES string of the molecule is CC(C)n1ncnc1CC(NN)c1cccc(F)c1F. The molecule has 0 saturated carbocycles. The fourth-order valence-electron chi connectivity index (χ4n) is 2.08. The van der Waals surface area contributed by atoms with Crippen molar-refractivity contribution in [3.05, 3.63) is 47.5 Å². The lowest BCUT2D eigenvalue weighted by Crippen LogP contribution is -2.31. The minimum Gasteiger partial charge on any atom is -0.271 e. The lowest BCUT2D eigenvalue weighted by Gasteiger charge is -2.18. The molecular formula is C13H17F2N5. The van der Waals surface area contributed by atoms with Crippen molar-refractivity contribution in [1.29, 1.82) is 0 Å². The quantitative estimate of drug-likeness (QED) is 0.648. The summed E-state index contributed by atoms with van der Waals surface area (Å²) in [4.78, 5) is 4.14. The monoisotopic (exact) mass is 281 g/mol. The largest absolute Gasteiger partial charge is 0.271 e. The highest BCUT2D eigenvalue weighted by Gasteiger charge is 2.20. The highest BCUT2D eigenvalue weighted by atomic mass is 19.2. The number of nitrogens with two attached hydrogens (primary N) is 1. The van der Waals surface area contributed by atoms with Gasteiger partial charge in [-0.3, -0.25) is 11.3 Å². The Morgan fingerprint density at radius 1 is 1.35 bits per heavy atom. The molecule has 20 heavy (non-hydrogen) atoms. The maximum absolute atomic E-state index is 13.8. The van der Waals surface area contributed by atoms with Crippen LogP contribution in [0.3, 0.4) is 0 Å². The summed E-state index contributed by atoms with van der Waals surface area (Å²) in [6, 6.07) is 3.57. The number of hydrogen-bond donors (Lipinski definition) is 2. The van der Waals surface area contributed by atoms with E-state index in [0.29, 0.717) is 12.2 Å². The second-order valence-corrected chi connectivity index (χ2v) is 4.78. The Morgan fingerprint density at radius 3 is 2.75 bits per heavy atom. The normalized spacial score (nSPS) is 12.9. The zero-order valence-corrected chi connectivity index (χ0v) is 11.3. The first-order valence-electron chi connectivity index (χ1n) is 6.33. The molecule has 0 radical (unpaired) electrons. The number of hydrogen-bond acceptors (Lipinski definition) is 4. The van der Waals surface area contributed by atoms with Crippen LogP contribution in [0.25, 0.3) is 0 Å². The number of benzene rings is 1. The van der Waals surface area contributed by atoms with Gasteiger partial charge in [0.1, 0.15) is 12.2 Å². The first-order valence-corrected chi connectivity index (χ1v) is 6.33. The first-order chi connectivity index (χ1) is 9.54. The van der Waals surface area contributed by atoms with Gasteiger partial charge in [-0.05, 0) is 19.9 Å². The van der Waals surface area contributed by atoms with Gasteiger partial charge >= 0.3 is 0 Å². The van der Waals surface area contributed by atoms with Crippen LogP contribution in [0.1, 0.15) is 37.3 Å². The van der Waals surface area contributed by atoms with Gasteiger partial charge in [0.25, 0.3) is 0 Å². The van der Waals surface area contributed by atoms with E-state index in [0.717, 1.165) is 6.07 Å². The van der Waals surface area contributed by atoms with Crippen molar-refractivity contribution >= 4 is 0 Å². The van der Waals surface area contributed by atoms with Crippen molar-refractivity contribution in [1.82, 2.24) is 20.2 Å². The zero-order valence-electron chi connectivity index (χ0n) is 11.3. The molecule has 0 amide bonds. The number of nitrogens with zero attached hydrogens (tertiary/aromatic N) is 3. The maximum Gasteiger partial charge on any atom is 0.163 e. The van der Waals surface area contributed by atoms with Crippen molar-refractivity contribution in [2.75, 3.05) is 0 Å². The molecule has 5 nitrogen and oxygen atoms in total. The Morgan fingerprint density at radius 2 is 2.10 bits per heavy atom. The summed E-state index contributed by atoms with van der Waals surface area (Å²) < 4.78 is 28.8. The van der Waals surface area contributed by atoms with E-state index < -0.39 is 17.7 Å². The predicted molar refractivity (Wildman–Crippen MR) is 70.5 cm³/mol. The fraction of sp³-hybridized carbons (Fsp3) is 0.385. The van der Waals surface area contributed by atoms with Gasteiger partial charge in [-0.15, -0.1) is 0 Å². The molecular weight excluding hydrogens is 264 g/mol. The number of rotatable bonds is 5. The number of hydrazine groups is 1. The molecule has 0 saturated heterocycles. The average molecular weight is 281 g/mol. The summed E-state index contributed by atoms with van der Waals surface area (Å²) in [5.41, 5.74) is 2.68. The Kier molecular flexibility index (Phi) is 4.41. The van der Waals surface area contributed by atoms with Gasteiger partial charge in [0.15, 0.2) is 11.6 Å². The van der Waals surface area contributed by atoms with Crippen LogP contribution in [-0.4, -0.2) is 14.8 Å². The summed E-state index contributed by atoms with van der Waals surface area (Å²) in [7, 11) is 0. The van der Waals surface area contributed by atoms with Gasteiger partial charge in [-0.25, -0.2) is 18.4 Å². The third-order valence-corrected chi connectivity index (χ3v) is 3.08. The minimum absolute atomic E-state index is 0.128. The van der Waals surface area contributed by atoms with Crippen LogP contribution in [0.15, 0.2) is 24.5 Å². The molecule has 0 aliphatic heterocycles. The van der Waals surface area contributed by atoms with Gasteiger partial charge in [-0.2, -0.15) is 5.10 Å². The third-order valence-electron chi connectivity index (χ3n) is 3.08. The van der Waals surface area contributed by atoms with Crippen LogP contribution < -0.4 is 11.3 Å². The Bertz CT molecular complexity index is 582. The van der Waals surface area contributed by atoms with Crippen molar-refractivity contribution in [3.8, 4) is 0 Å². The Balaban J connectivity index is 2.29. The number of aromatic nitrogens is 3. The lowest BCUT2D eigenvalue weighted by atomic mass is 10.0. The number of halogens is 2. The van der Waals surface area contributed by atoms with Crippen LogP contribution in [0.2, 0.25) is 0 Å². The van der Waals surface area contributed by atoms with Gasteiger partial charge in [0.05, 0.1) is 6.04 Å². The molecule has 108 valence electrons. The Labute approximate surface area is 115 Å². The first kappa shape index (κ1) is 14.5. The topological polar surface area (TPSA) is 68.8 Å². The molecule has 1 heterocycles. The Hall–Kier alpha value is -1.86. The highest BCUT2D eigenvalue weighted by Crippen LogP contribution is 2.22. The standard InChI is InChI=1S/C13H17F2N5/c1-8(2)20-12(17-7-18-20)6-11(19-16)9-4-3-5-10(14)13(9)15/h3-5,7-8,11,19H,6,16H2,1-2H3. The molecule has 0 bridgehead atoms. The summed E-state index contributed by atoms with van der Waals surface area (Å²) in [6.45, 7) is 3.93. The smallest absolute Gasteiger partial charge is 0.163 e. The molecule has 2 rings (SSSR count). The van der Waals surface area contributed by atoms with Crippen molar-refractivity contribution in [3.63, 3.8) is 0 Å². The molecule has 0 spiro atoms. The molecule has 0 aliphatic rings. The van der Waals surface area contributed by atoms with E-state index in [4.69, 9.17) is 5.84 Å². The molecule has 0 aliphatic carbocycles. The van der Waals surface area contributed by atoms with E-state index in [1.54, 1.807) is 4.68 Å². The van der Waals surface area contributed by atoms with Crippen LogP contribution in [0.5, 0.6) is 0 Å². The second kappa shape index (κ2) is 6.06. The van der Waals surface area contributed by atoms with E-state index in [-0.39, 0.29) is 11.6 Å². The van der Waals surface area contributed by atoms with Gasteiger partial charge < -0.3 is 0 Å². The van der Waals surface area contributed by atoms with Gasteiger partial charge in [0.2, 0.25) is 0 Å². The van der Waals surface area contributed by atoms with E-state index in [9.17, 15) is 8.78 Å². The second-order valence-electron chi connectivity index (χ2n) is 4.78. The molecule has 1 aromatic carbocycles. The van der Waals surface area contributed by atoms with E-state index >= 15 is 0 Å². The summed E-state index contributed by atoms with van der Waals surface area (Å²) in [5.74, 6) is 4.34. The van der Waals surface area contributed by atoms with Gasteiger partial charge in [-0.1, -0.05) is 12.1 Å².